The molecule has 0 fully saturated rings. The lowest BCUT2D eigenvalue weighted by Crippen LogP contribution is -2.51. The van der Waals surface area contributed by atoms with E-state index in [0.717, 1.165) is 17.1 Å². The first-order valence-electron chi connectivity index (χ1n) is 6.55. The molecule has 104 valence electrons. The summed E-state index contributed by atoms with van der Waals surface area (Å²) in [6.45, 7) is 4.66. The van der Waals surface area contributed by atoms with Crippen LogP contribution in [0.1, 0.15) is 13.8 Å². The van der Waals surface area contributed by atoms with Crippen molar-refractivity contribution in [3.63, 3.8) is 0 Å². The first-order chi connectivity index (χ1) is 9.08. The summed E-state index contributed by atoms with van der Waals surface area (Å²) < 4.78 is 5.48. The number of hydrogen-bond donors (Lipinski definition) is 2. The quantitative estimate of drug-likeness (QED) is 0.862. The standard InChI is InChI=1S/C14H21N3O2/c1-9(2)12(7-15)17-11-6-10(16-3)4-5-13(11)19-8-14(17)18/h4-6,9,12,16H,7-8,15H2,1-3H3. The average molecular weight is 263 g/mol. The molecule has 0 bridgehead atoms. The van der Waals surface area contributed by atoms with E-state index in [1.165, 1.54) is 0 Å². The van der Waals surface area contributed by atoms with Gasteiger partial charge in [0.05, 0.1) is 11.7 Å². The van der Waals surface area contributed by atoms with Crippen molar-refractivity contribution in [2.75, 3.05) is 30.4 Å². The van der Waals surface area contributed by atoms with Crippen LogP contribution < -0.4 is 20.7 Å². The van der Waals surface area contributed by atoms with Gasteiger partial charge < -0.3 is 20.7 Å². The van der Waals surface area contributed by atoms with Crippen LogP contribution in [-0.4, -0.2) is 32.1 Å². The summed E-state index contributed by atoms with van der Waals surface area (Å²) >= 11 is 0. The maximum atomic E-state index is 12.2. The fourth-order valence-corrected chi connectivity index (χ4v) is 2.37. The van der Waals surface area contributed by atoms with Crippen molar-refractivity contribution in [1.82, 2.24) is 0 Å². The van der Waals surface area contributed by atoms with Gasteiger partial charge in [0.25, 0.3) is 5.91 Å². The van der Waals surface area contributed by atoms with Gasteiger partial charge in [0.2, 0.25) is 0 Å². The van der Waals surface area contributed by atoms with Gasteiger partial charge in [0, 0.05) is 19.3 Å². The molecular formula is C14H21N3O2. The molecule has 19 heavy (non-hydrogen) atoms. The molecule has 1 unspecified atom stereocenters. The van der Waals surface area contributed by atoms with Gasteiger partial charge in [0.15, 0.2) is 6.61 Å². The Bertz CT molecular complexity index is 474. The summed E-state index contributed by atoms with van der Waals surface area (Å²) in [5.74, 6) is 0.987. The van der Waals surface area contributed by atoms with Crippen molar-refractivity contribution in [2.45, 2.75) is 19.9 Å². The van der Waals surface area contributed by atoms with E-state index in [1.54, 1.807) is 4.90 Å². The molecule has 1 aromatic carbocycles. The van der Waals surface area contributed by atoms with E-state index in [1.807, 2.05) is 25.2 Å². The first-order valence-corrected chi connectivity index (χ1v) is 6.55. The molecule has 0 aromatic heterocycles. The molecule has 0 spiro atoms. The van der Waals surface area contributed by atoms with Crippen LogP contribution in [0.5, 0.6) is 5.75 Å². The Morgan fingerprint density at radius 2 is 2.21 bits per heavy atom. The number of rotatable bonds is 4. The Balaban J connectivity index is 2.46. The van der Waals surface area contributed by atoms with Crippen LogP contribution in [-0.2, 0) is 4.79 Å². The van der Waals surface area contributed by atoms with Gasteiger partial charge in [-0.2, -0.15) is 0 Å². The summed E-state index contributed by atoms with van der Waals surface area (Å²) in [5.41, 5.74) is 7.59. The summed E-state index contributed by atoms with van der Waals surface area (Å²) in [4.78, 5) is 14.0. The third-order valence-electron chi connectivity index (χ3n) is 3.47. The molecule has 0 saturated heterocycles. The average Bonchev–Trinajstić information content (AvgIpc) is 2.41. The van der Waals surface area contributed by atoms with Crippen LogP contribution in [0.15, 0.2) is 18.2 Å². The number of carbonyl (C=O) groups excluding carboxylic acids is 1. The Morgan fingerprint density at radius 1 is 1.47 bits per heavy atom. The number of nitrogens with zero attached hydrogens (tertiary/aromatic N) is 1. The molecule has 2 rings (SSSR count). The molecule has 5 nitrogen and oxygen atoms in total. The van der Waals surface area contributed by atoms with Gasteiger partial charge in [-0.05, 0) is 24.1 Å². The van der Waals surface area contributed by atoms with Crippen molar-refractivity contribution in [2.24, 2.45) is 11.7 Å². The fourth-order valence-electron chi connectivity index (χ4n) is 2.37. The van der Waals surface area contributed by atoms with Gasteiger partial charge in [-0.15, -0.1) is 0 Å². The molecule has 1 aliphatic rings. The molecule has 5 heteroatoms. The number of benzene rings is 1. The third-order valence-corrected chi connectivity index (χ3v) is 3.47. The van der Waals surface area contributed by atoms with E-state index < -0.39 is 0 Å². The number of ether oxygens (including phenoxy) is 1. The number of amides is 1. The predicted molar refractivity (Wildman–Crippen MR) is 76.7 cm³/mol. The lowest BCUT2D eigenvalue weighted by Gasteiger charge is -2.37. The second kappa shape index (κ2) is 5.48. The van der Waals surface area contributed by atoms with Crippen LogP contribution in [0.2, 0.25) is 0 Å². The zero-order valence-electron chi connectivity index (χ0n) is 11.6. The van der Waals surface area contributed by atoms with Crippen LogP contribution in [0.4, 0.5) is 11.4 Å². The van der Waals surface area contributed by atoms with E-state index in [4.69, 9.17) is 10.5 Å². The minimum absolute atomic E-state index is 0.0118. The highest BCUT2D eigenvalue weighted by molar-refractivity contribution is 5.99. The van der Waals surface area contributed by atoms with Gasteiger partial charge in [-0.1, -0.05) is 13.8 Å². The Morgan fingerprint density at radius 3 is 2.79 bits per heavy atom. The smallest absolute Gasteiger partial charge is 0.265 e. The maximum Gasteiger partial charge on any atom is 0.265 e. The largest absolute Gasteiger partial charge is 0.482 e. The van der Waals surface area contributed by atoms with Gasteiger partial charge in [-0.3, -0.25) is 4.79 Å². The zero-order chi connectivity index (χ0) is 14.0. The second-order valence-corrected chi connectivity index (χ2v) is 5.03. The minimum atomic E-state index is -0.0371. The van der Waals surface area contributed by atoms with Crippen molar-refractivity contribution in [3.8, 4) is 5.75 Å². The highest BCUT2D eigenvalue weighted by Gasteiger charge is 2.32. The van der Waals surface area contributed by atoms with E-state index in [2.05, 4.69) is 19.2 Å². The first kappa shape index (κ1) is 13.7. The topological polar surface area (TPSA) is 67.6 Å². The van der Waals surface area contributed by atoms with Crippen molar-refractivity contribution < 1.29 is 9.53 Å². The molecular weight excluding hydrogens is 242 g/mol. The lowest BCUT2D eigenvalue weighted by molar-refractivity contribution is -0.122. The summed E-state index contributed by atoms with van der Waals surface area (Å²) in [6.07, 6.45) is 0. The highest BCUT2D eigenvalue weighted by Crippen LogP contribution is 2.36. The minimum Gasteiger partial charge on any atom is -0.482 e. The number of fused-ring (bicyclic) bond motifs is 1. The summed E-state index contributed by atoms with van der Waals surface area (Å²) in [7, 11) is 1.85. The summed E-state index contributed by atoms with van der Waals surface area (Å²) in [5, 5.41) is 3.07. The molecule has 1 aromatic rings. The number of nitrogens with one attached hydrogen (secondary N) is 1. The predicted octanol–water partition coefficient (Wildman–Crippen LogP) is 1.44. The second-order valence-electron chi connectivity index (χ2n) is 5.03. The van der Waals surface area contributed by atoms with Crippen molar-refractivity contribution >= 4 is 17.3 Å². The van der Waals surface area contributed by atoms with Crippen molar-refractivity contribution in [1.29, 1.82) is 0 Å². The molecule has 1 amide bonds. The summed E-state index contributed by atoms with van der Waals surface area (Å²) in [6, 6.07) is 5.73. The van der Waals surface area contributed by atoms with Crippen LogP contribution in [0, 0.1) is 5.92 Å². The van der Waals surface area contributed by atoms with E-state index in [-0.39, 0.29) is 24.5 Å². The maximum absolute atomic E-state index is 12.2. The molecule has 0 aliphatic carbocycles. The number of hydrogen-bond acceptors (Lipinski definition) is 4. The Hall–Kier alpha value is -1.75. The molecule has 0 radical (unpaired) electrons. The van der Waals surface area contributed by atoms with E-state index in [0.29, 0.717) is 6.54 Å². The third kappa shape index (κ3) is 2.51. The fraction of sp³-hybridized carbons (Fsp3) is 0.500. The Labute approximate surface area is 113 Å². The number of nitrogens with two attached hydrogens (primary N) is 1. The molecule has 1 heterocycles. The normalized spacial score (nSPS) is 16.1. The van der Waals surface area contributed by atoms with Gasteiger partial charge in [-0.25, -0.2) is 0 Å². The van der Waals surface area contributed by atoms with Gasteiger partial charge >= 0.3 is 0 Å². The van der Waals surface area contributed by atoms with Crippen LogP contribution >= 0.6 is 0 Å². The SMILES string of the molecule is CNc1ccc2c(c1)N(C(CN)C(C)C)C(=O)CO2. The van der Waals surface area contributed by atoms with Crippen molar-refractivity contribution in [3.05, 3.63) is 18.2 Å². The van der Waals surface area contributed by atoms with Gasteiger partial charge in [0.1, 0.15) is 5.75 Å². The van der Waals surface area contributed by atoms with Crippen LogP contribution in [0.3, 0.4) is 0 Å². The molecule has 1 aliphatic heterocycles. The van der Waals surface area contributed by atoms with E-state index in [9.17, 15) is 4.79 Å². The Kier molecular flexibility index (Phi) is 3.95. The number of carbonyl (C=O) groups is 1. The van der Waals surface area contributed by atoms with Crippen LogP contribution in [0.25, 0.3) is 0 Å². The molecule has 0 saturated carbocycles. The lowest BCUT2D eigenvalue weighted by atomic mass is 10.0. The monoisotopic (exact) mass is 263 g/mol. The number of anilines is 2. The highest BCUT2D eigenvalue weighted by atomic mass is 16.5. The molecule has 1 atom stereocenters. The molecule has 3 N–H and O–H groups in total. The van der Waals surface area contributed by atoms with E-state index >= 15 is 0 Å². The zero-order valence-corrected chi connectivity index (χ0v) is 11.6.